The Morgan fingerprint density at radius 1 is 1.29 bits per heavy atom. The number of hydrogen-bond acceptors (Lipinski definition) is 9. The topological polar surface area (TPSA) is 150 Å². The Balaban J connectivity index is 1.74. The number of sulfonamides is 1. The SMILES string of the molecule is CC(=O)CCNNc1cccc(CC[C@H](O)CNC(=O)c2csc(NS(C)(=O)=O)n2)c1. The van der Waals surface area contributed by atoms with Crippen LogP contribution < -0.4 is 20.9 Å². The van der Waals surface area contributed by atoms with Gasteiger partial charge in [0.25, 0.3) is 5.91 Å². The molecule has 1 amide bonds. The number of hydrazine groups is 1. The molecule has 0 aliphatic heterocycles. The molecule has 1 heterocycles. The fourth-order valence-electron chi connectivity index (χ4n) is 2.53. The Labute approximate surface area is 185 Å². The van der Waals surface area contributed by atoms with E-state index >= 15 is 0 Å². The number of anilines is 2. The van der Waals surface area contributed by atoms with Crippen molar-refractivity contribution >= 4 is 43.9 Å². The van der Waals surface area contributed by atoms with E-state index in [1.54, 1.807) is 6.92 Å². The molecule has 0 radical (unpaired) electrons. The molecule has 0 fully saturated rings. The van der Waals surface area contributed by atoms with Crippen LogP contribution in [-0.4, -0.2) is 55.6 Å². The van der Waals surface area contributed by atoms with Crippen LogP contribution in [-0.2, 0) is 21.2 Å². The van der Waals surface area contributed by atoms with Crippen LogP contribution in [0, 0.1) is 0 Å². The second-order valence-electron chi connectivity index (χ2n) is 7.02. The van der Waals surface area contributed by atoms with Crippen molar-refractivity contribution in [3.05, 3.63) is 40.9 Å². The molecule has 1 aromatic carbocycles. The second kappa shape index (κ2) is 11.7. The van der Waals surface area contributed by atoms with E-state index in [0.717, 1.165) is 28.8 Å². The molecule has 0 saturated heterocycles. The van der Waals surface area contributed by atoms with Crippen molar-refractivity contribution in [3.63, 3.8) is 0 Å². The molecule has 0 saturated carbocycles. The summed E-state index contributed by atoms with van der Waals surface area (Å²) in [4.78, 5) is 27.0. The largest absolute Gasteiger partial charge is 0.391 e. The molecule has 1 aromatic heterocycles. The van der Waals surface area contributed by atoms with Crippen LogP contribution in [0.2, 0.25) is 0 Å². The van der Waals surface area contributed by atoms with Crippen LogP contribution in [0.25, 0.3) is 0 Å². The van der Waals surface area contributed by atoms with Gasteiger partial charge in [-0.3, -0.25) is 14.3 Å². The maximum absolute atomic E-state index is 12.1. The highest BCUT2D eigenvalue weighted by atomic mass is 32.2. The number of aromatic nitrogens is 1. The molecule has 0 bridgehead atoms. The lowest BCUT2D eigenvalue weighted by Gasteiger charge is -2.12. The van der Waals surface area contributed by atoms with Gasteiger partial charge in [-0.25, -0.2) is 18.8 Å². The van der Waals surface area contributed by atoms with Crippen molar-refractivity contribution in [1.29, 1.82) is 0 Å². The summed E-state index contributed by atoms with van der Waals surface area (Å²) in [6, 6.07) is 7.67. The van der Waals surface area contributed by atoms with Crippen molar-refractivity contribution in [2.45, 2.75) is 32.3 Å². The first kappa shape index (κ1) is 24.7. The van der Waals surface area contributed by atoms with Gasteiger partial charge in [-0.1, -0.05) is 12.1 Å². The number of aliphatic hydroxyl groups excluding tert-OH is 1. The molecule has 2 rings (SSSR count). The second-order valence-corrected chi connectivity index (χ2v) is 9.63. The van der Waals surface area contributed by atoms with Crippen LogP contribution in [0.4, 0.5) is 10.8 Å². The number of aliphatic hydroxyl groups is 1. The van der Waals surface area contributed by atoms with E-state index in [1.807, 2.05) is 24.3 Å². The smallest absolute Gasteiger partial charge is 0.270 e. The molecular weight excluding hydrogens is 442 g/mol. The zero-order chi connectivity index (χ0) is 22.9. The zero-order valence-electron chi connectivity index (χ0n) is 17.3. The van der Waals surface area contributed by atoms with Gasteiger partial charge < -0.3 is 15.8 Å². The molecule has 0 spiro atoms. The van der Waals surface area contributed by atoms with Crippen LogP contribution in [0.15, 0.2) is 29.6 Å². The maximum atomic E-state index is 12.1. The van der Waals surface area contributed by atoms with Gasteiger partial charge in [-0.2, -0.15) is 0 Å². The number of carbonyl (C=O) groups is 2. The average Bonchev–Trinajstić information content (AvgIpc) is 3.15. The number of nitrogens with one attached hydrogen (secondary N) is 4. The Morgan fingerprint density at radius 2 is 2.06 bits per heavy atom. The Kier molecular flexibility index (Phi) is 9.37. The average molecular weight is 470 g/mol. The summed E-state index contributed by atoms with van der Waals surface area (Å²) in [7, 11) is -3.46. The molecule has 31 heavy (non-hydrogen) atoms. The van der Waals surface area contributed by atoms with Gasteiger partial charge in [0.15, 0.2) is 5.13 Å². The minimum atomic E-state index is -3.46. The van der Waals surface area contributed by atoms with Gasteiger partial charge in [0, 0.05) is 30.6 Å². The molecule has 0 aliphatic rings. The van der Waals surface area contributed by atoms with Crippen molar-refractivity contribution < 1.29 is 23.1 Å². The summed E-state index contributed by atoms with van der Waals surface area (Å²) in [5, 5.41) is 14.3. The highest BCUT2D eigenvalue weighted by Crippen LogP contribution is 2.16. The molecular formula is C19H27N5O5S2. The number of rotatable bonds is 13. The molecule has 1 atom stereocenters. The van der Waals surface area contributed by atoms with Crippen molar-refractivity contribution in [1.82, 2.24) is 15.7 Å². The summed E-state index contributed by atoms with van der Waals surface area (Å²) in [5.41, 5.74) is 7.96. The minimum Gasteiger partial charge on any atom is -0.391 e. The van der Waals surface area contributed by atoms with Crippen LogP contribution in [0.3, 0.4) is 0 Å². The van der Waals surface area contributed by atoms with Gasteiger partial charge in [0.1, 0.15) is 11.5 Å². The Hall–Kier alpha value is -2.54. The lowest BCUT2D eigenvalue weighted by atomic mass is 10.1. The van der Waals surface area contributed by atoms with E-state index in [0.29, 0.717) is 25.8 Å². The molecule has 0 aliphatic carbocycles. The van der Waals surface area contributed by atoms with Gasteiger partial charge in [-0.15, -0.1) is 11.3 Å². The molecule has 10 nitrogen and oxygen atoms in total. The number of nitrogens with zero attached hydrogens (tertiary/aromatic N) is 1. The van der Waals surface area contributed by atoms with Crippen LogP contribution in [0.1, 0.15) is 35.8 Å². The Morgan fingerprint density at radius 3 is 2.77 bits per heavy atom. The van der Waals surface area contributed by atoms with Crippen LogP contribution >= 0.6 is 11.3 Å². The summed E-state index contributed by atoms with van der Waals surface area (Å²) >= 11 is 1.00. The standard InChI is InChI=1S/C19H27N5O5S2/c1-13(25)8-9-21-23-15-5-3-4-14(10-15)6-7-16(26)11-20-18(27)17-12-30-19(22-17)24-31(2,28)29/h3-5,10,12,16,21,23,26H,6-9,11H2,1-2H3,(H,20,27)(H,22,24)/t16-/m0/s1. The fraction of sp³-hybridized carbons (Fsp3) is 0.421. The van der Waals surface area contributed by atoms with Crippen molar-refractivity contribution in [2.75, 3.05) is 29.5 Å². The van der Waals surface area contributed by atoms with E-state index in [9.17, 15) is 23.1 Å². The Bertz CT molecular complexity index is 993. The zero-order valence-corrected chi connectivity index (χ0v) is 19.0. The summed E-state index contributed by atoms with van der Waals surface area (Å²) in [6.45, 7) is 2.12. The van der Waals surface area contributed by atoms with E-state index in [2.05, 4.69) is 25.9 Å². The van der Waals surface area contributed by atoms with E-state index in [4.69, 9.17) is 0 Å². The summed E-state index contributed by atoms with van der Waals surface area (Å²) < 4.78 is 24.6. The lowest BCUT2D eigenvalue weighted by molar-refractivity contribution is -0.116. The molecule has 170 valence electrons. The predicted octanol–water partition coefficient (Wildman–Crippen LogP) is 1.13. The summed E-state index contributed by atoms with van der Waals surface area (Å²) in [6.07, 6.45) is 1.75. The highest BCUT2D eigenvalue weighted by Gasteiger charge is 2.14. The first-order chi connectivity index (χ1) is 14.6. The number of ketones is 1. The van der Waals surface area contributed by atoms with Gasteiger partial charge in [0.05, 0.1) is 12.4 Å². The predicted molar refractivity (Wildman–Crippen MR) is 121 cm³/mol. The van der Waals surface area contributed by atoms with Gasteiger partial charge >= 0.3 is 0 Å². The van der Waals surface area contributed by atoms with Crippen molar-refractivity contribution in [2.24, 2.45) is 0 Å². The number of thiazole rings is 1. The summed E-state index contributed by atoms with van der Waals surface area (Å²) in [5.74, 6) is -0.371. The fourth-order valence-corrected chi connectivity index (χ4v) is 4.07. The minimum absolute atomic E-state index is 0.0513. The quantitative estimate of drug-likeness (QED) is 0.216. The maximum Gasteiger partial charge on any atom is 0.270 e. The van der Waals surface area contributed by atoms with E-state index in [-0.39, 0.29) is 23.2 Å². The number of hydrogen-bond donors (Lipinski definition) is 5. The molecule has 5 N–H and O–H groups in total. The number of Topliss-reactive ketones (excluding diaryl/α,β-unsaturated/α-hetero) is 1. The first-order valence-corrected chi connectivity index (χ1v) is 12.4. The van der Waals surface area contributed by atoms with Gasteiger partial charge in [0.2, 0.25) is 10.0 Å². The van der Waals surface area contributed by atoms with E-state index < -0.39 is 22.0 Å². The van der Waals surface area contributed by atoms with Gasteiger partial charge in [-0.05, 0) is 37.5 Å². The number of aryl methyl sites for hydroxylation is 1. The number of carbonyl (C=O) groups excluding carboxylic acids is 2. The molecule has 0 unspecified atom stereocenters. The third-order valence-electron chi connectivity index (χ3n) is 4.04. The van der Waals surface area contributed by atoms with Crippen molar-refractivity contribution in [3.8, 4) is 0 Å². The lowest BCUT2D eigenvalue weighted by Crippen LogP contribution is -2.32. The number of amides is 1. The number of benzene rings is 1. The third kappa shape index (κ3) is 9.87. The molecule has 12 heteroatoms. The molecule has 2 aromatic rings. The highest BCUT2D eigenvalue weighted by molar-refractivity contribution is 7.92. The van der Waals surface area contributed by atoms with E-state index in [1.165, 1.54) is 5.38 Å². The monoisotopic (exact) mass is 469 g/mol. The van der Waals surface area contributed by atoms with Crippen LogP contribution in [0.5, 0.6) is 0 Å². The first-order valence-electron chi connectivity index (χ1n) is 9.59. The normalized spacial score (nSPS) is 12.2. The third-order valence-corrected chi connectivity index (χ3v) is 5.49.